The van der Waals surface area contributed by atoms with Crippen LogP contribution >= 0.6 is 0 Å². The minimum absolute atomic E-state index is 0.0726. The van der Waals surface area contributed by atoms with Crippen LogP contribution in [0.3, 0.4) is 0 Å². The number of carbonyl (C=O) groups is 2. The predicted molar refractivity (Wildman–Crippen MR) is 72.2 cm³/mol. The van der Waals surface area contributed by atoms with Gasteiger partial charge in [0.1, 0.15) is 5.82 Å². The molecule has 1 aliphatic heterocycles. The third-order valence-corrected chi connectivity index (χ3v) is 4.51. The van der Waals surface area contributed by atoms with Crippen molar-refractivity contribution >= 4 is 17.7 Å². The van der Waals surface area contributed by atoms with Gasteiger partial charge in [0.2, 0.25) is 5.91 Å². The van der Waals surface area contributed by atoms with E-state index in [-0.39, 0.29) is 17.2 Å². The zero-order chi connectivity index (χ0) is 15.0. The molecule has 0 aromatic carbocycles. The Kier molecular flexibility index (Phi) is 3.27. The zero-order valence-electron chi connectivity index (χ0n) is 11.4. The van der Waals surface area contributed by atoms with Crippen LogP contribution in [0.25, 0.3) is 0 Å². The summed E-state index contributed by atoms with van der Waals surface area (Å²) in [6.45, 7) is 0.946. The molecule has 1 unspecified atom stereocenters. The van der Waals surface area contributed by atoms with Crippen LogP contribution in [0.5, 0.6) is 0 Å². The monoisotopic (exact) mass is 293 g/mol. The van der Waals surface area contributed by atoms with Crippen molar-refractivity contribution in [3.05, 3.63) is 24.3 Å². The standard InChI is InChI=1S/C14H16FN3O3/c15-9-5-10(8-16-7-9)17-12(19)11-6-14(11)1-3-18(4-2-14)13(20)21/h5,7-8,11H,1-4,6H2,(H,17,19)(H,20,21). The van der Waals surface area contributed by atoms with Crippen molar-refractivity contribution in [1.82, 2.24) is 9.88 Å². The number of amides is 2. The van der Waals surface area contributed by atoms with Crippen LogP contribution < -0.4 is 5.32 Å². The lowest BCUT2D eigenvalue weighted by Gasteiger charge is -2.30. The van der Waals surface area contributed by atoms with Gasteiger partial charge in [-0.15, -0.1) is 0 Å². The van der Waals surface area contributed by atoms with Gasteiger partial charge in [0.25, 0.3) is 0 Å². The van der Waals surface area contributed by atoms with Gasteiger partial charge in [0, 0.05) is 25.1 Å². The first-order valence-electron chi connectivity index (χ1n) is 6.89. The Hall–Kier alpha value is -2.18. The quantitative estimate of drug-likeness (QED) is 0.873. The molecule has 2 heterocycles. The molecule has 1 aromatic heterocycles. The third-order valence-electron chi connectivity index (χ3n) is 4.51. The lowest BCUT2D eigenvalue weighted by Crippen LogP contribution is -2.39. The topological polar surface area (TPSA) is 82.5 Å². The van der Waals surface area contributed by atoms with Gasteiger partial charge >= 0.3 is 6.09 Å². The summed E-state index contributed by atoms with van der Waals surface area (Å²) in [6.07, 6.45) is 3.77. The maximum atomic E-state index is 13.0. The molecule has 7 heteroatoms. The molecule has 1 saturated heterocycles. The number of anilines is 1. The average Bonchev–Trinajstić information content (AvgIpc) is 3.13. The number of halogens is 1. The summed E-state index contributed by atoms with van der Waals surface area (Å²) in [6, 6.07) is 1.23. The van der Waals surface area contributed by atoms with Gasteiger partial charge in [0.05, 0.1) is 18.1 Å². The maximum Gasteiger partial charge on any atom is 0.407 e. The molecule has 1 aliphatic carbocycles. The van der Waals surface area contributed by atoms with Crippen molar-refractivity contribution in [2.45, 2.75) is 19.3 Å². The van der Waals surface area contributed by atoms with Crippen molar-refractivity contribution in [2.75, 3.05) is 18.4 Å². The van der Waals surface area contributed by atoms with Gasteiger partial charge in [-0.25, -0.2) is 9.18 Å². The second kappa shape index (κ2) is 4.98. The van der Waals surface area contributed by atoms with Crippen molar-refractivity contribution in [3.8, 4) is 0 Å². The van der Waals surface area contributed by atoms with Crippen molar-refractivity contribution in [1.29, 1.82) is 0 Å². The summed E-state index contributed by atoms with van der Waals surface area (Å²) in [5, 5.41) is 11.6. The van der Waals surface area contributed by atoms with E-state index in [0.717, 1.165) is 12.6 Å². The molecule has 0 radical (unpaired) electrons. The smallest absolute Gasteiger partial charge is 0.407 e. The highest BCUT2D eigenvalue weighted by Crippen LogP contribution is 2.59. The summed E-state index contributed by atoms with van der Waals surface area (Å²) in [5.41, 5.74) is 0.279. The number of pyridine rings is 1. The lowest BCUT2D eigenvalue weighted by molar-refractivity contribution is -0.118. The van der Waals surface area contributed by atoms with Gasteiger partial charge in [-0.3, -0.25) is 9.78 Å². The maximum absolute atomic E-state index is 13.0. The van der Waals surface area contributed by atoms with Crippen molar-refractivity contribution in [3.63, 3.8) is 0 Å². The first kappa shape index (κ1) is 13.8. The van der Waals surface area contributed by atoms with Gasteiger partial charge < -0.3 is 15.3 Å². The average molecular weight is 293 g/mol. The molecule has 112 valence electrons. The summed E-state index contributed by atoms with van der Waals surface area (Å²) in [5.74, 6) is -0.740. The second-order valence-corrected chi connectivity index (χ2v) is 5.77. The molecule has 2 amide bonds. The number of carboxylic acid groups (broad SMARTS) is 1. The molecule has 6 nitrogen and oxygen atoms in total. The van der Waals surface area contributed by atoms with E-state index in [2.05, 4.69) is 10.3 Å². The number of hydrogen-bond donors (Lipinski definition) is 2. The fraction of sp³-hybridized carbons (Fsp3) is 0.500. The number of piperidine rings is 1. The number of carbonyl (C=O) groups excluding carboxylic acids is 1. The largest absolute Gasteiger partial charge is 0.465 e. The van der Waals surface area contributed by atoms with Gasteiger partial charge in [-0.05, 0) is 24.7 Å². The van der Waals surface area contributed by atoms with Crippen LogP contribution in [0, 0.1) is 17.2 Å². The van der Waals surface area contributed by atoms with Crippen LogP contribution in [0.2, 0.25) is 0 Å². The Morgan fingerprint density at radius 3 is 2.71 bits per heavy atom. The number of likely N-dealkylation sites (tertiary alicyclic amines) is 1. The first-order valence-corrected chi connectivity index (χ1v) is 6.89. The summed E-state index contributed by atoms with van der Waals surface area (Å²) in [4.78, 5) is 28.1. The van der Waals surface area contributed by atoms with Crippen LogP contribution in [0.1, 0.15) is 19.3 Å². The summed E-state index contributed by atoms with van der Waals surface area (Å²) >= 11 is 0. The van der Waals surface area contributed by atoms with E-state index in [1.807, 2.05) is 0 Å². The molecular formula is C14H16FN3O3. The number of nitrogens with zero attached hydrogens (tertiary/aromatic N) is 2. The Morgan fingerprint density at radius 1 is 1.38 bits per heavy atom. The van der Waals surface area contributed by atoms with Gasteiger partial charge in [0.15, 0.2) is 0 Å². The molecule has 0 bridgehead atoms. The normalized spacial score (nSPS) is 22.9. The number of rotatable bonds is 2. The second-order valence-electron chi connectivity index (χ2n) is 5.77. The molecule has 2 aliphatic rings. The molecule has 2 fully saturated rings. The Balaban J connectivity index is 1.58. The van der Waals surface area contributed by atoms with Crippen molar-refractivity contribution in [2.24, 2.45) is 11.3 Å². The van der Waals surface area contributed by atoms with E-state index in [1.54, 1.807) is 0 Å². The highest BCUT2D eigenvalue weighted by atomic mass is 19.1. The highest BCUT2D eigenvalue weighted by Gasteiger charge is 2.58. The lowest BCUT2D eigenvalue weighted by atomic mass is 9.91. The molecule has 3 rings (SSSR count). The van der Waals surface area contributed by atoms with Gasteiger partial charge in [-0.1, -0.05) is 0 Å². The third kappa shape index (κ3) is 2.68. The number of aromatic nitrogens is 1. The molecule has 1 aromatic rings. The van der Waals surface area contributed by atoms with E-state index in [9.17, 15) is 14.0 Å². The predicted octanol–water partition coefficient (Wildman–Crippen LogP) is 1.94. The molecule has 1 saturated carbocycles. The Labute approximate surface area is 121 Å². The molecule has 2 N–H and O–H groups in total. The van der Waals surface area contributed by atoms with E-state index in [1.165, 1.54) is 17.2 Å². The Morgan fingerprint density at radius 2 is 2.10 bits per heavy atom. The minimum atomic E-state index is -0.905. The Bertz CT molecular complexity index is 585. The van der Waals surface area contributed by atoms with Crippen LogP contribution in [-0.2, 0) is 4.79 Å². The molecule has 21 heavy (non-hydrogen) atoms. The SMILES string of the molecule is O=C(Nc1cncc(F)c1)C1CC12CCN(C(=O)O)CC2. The van der Waals surface area contributed by atoms with E-state index < -0.39 is 11.9 Å². The summed E-state index contributed by atoms with van der Waals surface area (Å²) < 4.78 is 13.0. The highest BCUT2D eigenvalue weighted by molar-refractivity contribution is 5.95. The number of nitrogens with one attached hydrogen (secondary N) is 1. The van der Waals surface area contributed by atoms with Crippen molar-refractivity contribution < 1.29 is 19.1 Å². The van der Waals surface area contributed by atoms with Crippen LogP contribution in [0.4, 0.5) is 14.9 Å². The van der Waals surface area contributed by atoms with Gasteiger partial charge in [-0.2, -0.15) is 0 Å². The fourth-order valence-electron chi connectivity index (χ4n) is 3.12. The fourth-order valence-corrected chi connectivity index (χ4v) is 3.12. The molecule has 1 spiro atoms. The van der Waals surface area contributed by atoms with Crippen LogP contribution in [-0.4, -0.2) is 40.1 Å². The van der Waals surface area contributed by atoms with E-state index in [4.69, 9.17) is 5.11 Å². The number of hydrogen-bond acceptors (Lipinski definition) is 3. The molecule has 1 atom stereocenters. The zero-order valence-corrected chi connectivity index (χ0v) is 11.4. The minimum Gasteiger partial charge on any atom is -0.465 e. The molecular weight excluding hydrogens is 277 g/mol. The van der Waals surface area contributed by atoms with Crippen LogP contribution in [0.15, 0.2) is 18.5 Å². The van der Waals surface area contributed by atoms with E-state index in [0.29, 0.717) is 31.6 Å². The summed E-state index contributed by atoms with van der Waals surface area (Å²) in [7, 11) is 0. The first-order chi connectivity index (χ1) is 10.00. The van der Waals surface area contributed by atoms with E-state index >= 15 is 0 Å².